The second-order valence-corrected chi connectivity index (χ2v) is 5.00. The minimum Gasteiger partial charge on any atom is -0.248 e. The summed E-state index contributed by atoms with van der Waals surface area (Å²) in [4.78, 5) is 4.39. The molecule has 0 amide bonds. The molecule has 1 heterocycles. The van der Waals surface area contributed by atoms with Crippen LogP contribution in [0, 0.1) is 11.8 Å². The lowest BCUT2D eigenvalue weighted by atomic mass is 10.1. The van der Waals surface area contributed by atoms with Crippen molar-refractivity contribution in [2.24, 2.45) is 0 Å². The molecule has 0 bridgehead atoms. The summed E-state index contributed by atoms with van der Waals surface area (Å²) in [5, 5.41) is 0. The third-order valence-electron chi connectivity index (χ3n) is 3.19. The maximum atomic E-state index is 4.39. The van der Waals surface area contributed by atoms with Crippen LogP contribution in [0.25, 0.3) is 0 Å². The first-order valence-electron chi connectivity index (χ1n) is 7.37. The van der Waals surface area contributed by atoms with Gasteiger partial charge in [-0.2, -0.15) is 0 Å². The molecular weight excluding hydrogens is 242 g/mol. The normalized spacial score (nSPS) is 9.90. The average molecular weight is 263 g/mol. The minimum atomic E-state index is 0.836. The molecule has 0 aliphatic carbocycles. The van der Waals surface area contributed by atoms with E-state index in [0.717, 1.165) is 30.5 Å². The Morgan fingerprint density at radius 2 is 1.45 bits per heavy atom. The Morgan fingerprint density at radius 3 is 2.05 bits per heavy atom. The molecule has 0 radical (unpaired) electrons. The van der Waals surface area contributed by atoms with Crippen LogP contribution in [-0.2, 0) is 12.8 Å². The van der Waals surface area contributed by atoms with Gasteiger partial charge < -0.3 is 0 Å². The quantitative estimate of drug-likeness (QED) is 0.746. The molecule has 2 aromatic rings. The summed E-state index contributed by atoms with van der Waals surface area (Å²) >= 11 is 0. The second-order valence-electron chi connectivity index (χ2n) is 5.00. The summed E-state index contributed by atoms with van der Waals surface area (Å²) in [5.41, 5.74) is 4.54. The van der Waals surface area contributed by atoms with Gasteiger partial charge in [-0.1, -0.05) is 50.8 Å². The Hall–Kier alpha value is -2.07. The lowest BCUT2D eigenvalue weighted by Gasteiger charge is -1.98. The lowest BCUT2D eigenvalue weighted by molar-refractivity contribution is 0.913. The molecule has 1 aromatic heterocycles. The fourth-order valence-corrected chi connectivity index (χ4v) is 2.11. The third kappa shape index (κ3) is 4.24. The number of hydrogen-bond donors (Lipinski definition) is 0. The highest BCUT2D eigenvalue weighted by Gasteiger charge is 1.93. The van der Waals surface area contributed by atoms with Gasteiger partial charge in [-0.05, 0) is 48.1 Å². The van der Waals surface area contributed by atoms with Crippen LogP contribution in [0.4, 0.5) is 0 Å². The van der Waals surface area contributed by atoms with Crippen molar-refractivity contribution in [3.8, 4) is 11.8 Å². The van der Waals surface area contributed by atoms with Crippen LogP contribution in [0.1, 0.15) is 49.1 Å². The van der Waals surface area contributed by atoms with E-state index in [1.807, 2.05) is 12.3 Å². The van der Waals surface area contributed by atoms with E-state index >= 15 is 0 Å². The third-order valence-corrected chi connectivity index (χ3v) is 3.19. The molecule has 0 aliphatic rings. The highest BCUT2D eigenvalue weighted by atomic mass is 14.7. The molecule has 0 spiro atoms. The van der Waals surface area contributed by atoms with Crippen molar-refractivity contribution in [2.75, 3.05) is 0 Å². The number of benzene rings is 1. The van der Waals surface area contributed by atoms with E-state index in [9.17, 15) is 0 Å². The molecule has 0 unspecified atom stereocenters. The zero-order valence-electron chi connectivity index (χ0n) is 12.3. The van der Waals surface area contributed by atoms with Crippen molar-refractivity contribution in [1.82, 2.24) is 4.98 Å². The zero-order valence-corrected chi connectivity index (χ0v) is 12.3. The lowest BCUT2D eigenvalue weighted by Crippen LogP contribution is -1.87. The molecule has 102 valence electrons. The molecule has 0 saturated carbocycles. The molecule has 0 atom stereocenters. The zero-order chi connectivity index (χ0) is 14.2. The van der Waals surface area contributed by atoms with Crippen molar-refractivity contribution in [2.45, 2.75) is 39.5 Å². The summed E-state index contributed by atoms with van der Waals surface area (Å²) < 4.78 is 0. The molecule has 2 rings (SSSR count). The van der Waals surface area contributed by atoms with Crippen LogP contribution < -0.4 is 0 Å². The fourth-order valence-electron chi connectivity index (χ4n) is 2.11. The van der Waals surface area contributed by atoms with Gasteiger partial charge in [0, 0.05) is 11.8 Å². The Balaban J connectivity index is 2.05. The van der Waals surface area contributed by atoms with Crippen LogP contribution >= 0.6 is 0 Å². The Labute approximate surface area is 122 Å². The average Bonchev–Trinajstić information content (AvgIpc) is 2.49. The topological polar surface area (TPSA) is 12.9 Å². The van der Waals surface area contributed by atoms with Crippen molar-refractivity contribution in [1.29, 1.82) is 0 Å². The maximum Gasteiger partial charge on any atom is 0.113 e. The monoisotopic (exact) mass is 263 g/mol. The van der Waals surface area contributed by atoms with E-state index in [2.05, 4.69) is 61.0 Å². The Bertz CT molecular complexity index is 529. The van der Waals surface area contributed by atoms with Gasteiger partial charge in [0.05, 0.1) is 0 Å². The standard InChI is InChI=1S/C19H21N/c1-3-5-16-7-9-17(10-8-16)11-13-19-14-12-18(6-4-2)15-20-19/h7-10,12,14-15H,3-6H2,1-2H3. The second kappa shape index (κ2) is 7.50. The van der Waals surface area contributed by atoms with Crippen molar-refractivity contribution in [3.05, 3.63) is 65.0 Å². The Kier molecular flexibility index (Phi) is 5.38. The molecule has 0 fully saturated rings. The predicted molar refractivity (Wildman–Crippen MR) is 84.6 cm³/mol. The van der Waals surface area contributed by atoms with Gasteiger partial charge in [0.15, 0.2) is 0 Å². The first-order valence-corrected chi connectivity index (χ1v) is 7.37. The van der Waals surface area contributed by atoms with E-state index in [0.29, 0.717) is 0 Å². The van der Waals surface area contributed by atoms with E-state index in [1.54, 1.807) is 0 Å². The highest BCUT2D eigenvalue weighted by molar-refractivity contribution is 5.41. The Morgan fingerprint density at radius 1 is 0.800 bits per heavy atom. The van der Waals surface area contributed by atoms with Crippen molar-refractivity contribution in [3.63, 3.8) is 0 Å². The summed E-state index contributed by atoms with van der Waals surface area (Å²) in [6, 6.07) is 12.6. The van der Waals surface area contributed by atoms with E-state index < -0.39 is 0 Å². The van der Waals surface area contributed by atoms with Gasteiger partial charge in [0.1, 0.15) is 5.69 Å². The van der Waals surface area contributed by atoms with E-state index in [1.165, 1.54) is 17.5 Å². The molecule has 1 nitrogen and oxygen atoms in total. The molecular formula is C19H21N. The smallest absolute Gasteiger partial charge is 0.113 e. The fraction of sp³-hybridized carbons (Fsp3) is 0.316. The largest absolute Gasteiger partial charge is 0.248 e. The number of hydrogen-bond acceptors (Lipinski definition) is 1. The van der Waals surface area contributed by atoms with Crippen molar-refractivity contribution < 1.29 is 0 Å². The van der Waals surface area contributed by atoms with Gasteiger partial charge in [-0.25, -0.2) is 4.98 Å². The summed E-state index contributed by atoms with van der Waals surface area (Å²) in [6.45, 7) is 4.37. The van der Waals surface area contributed by atoms with Crippen LogP contribution in [0.15, 0.2) is 42.6 Å². The molecule has 0 saturated heterocycles. The summed E-state index contributed by atoms with van der Waals surface area (Å²) in [7, 11) is 0. The van der Waals surface area contributed by atoms with Gasteiger partial charge >= 0.3 is 0 Å². The first-order chi connectivity index (χ1) is 9.81. The van der Waals surface area contributed by atoms with Gasteiger partial charge in [0.25, 0.3) is 0 Å². The number of aryl methyl sites for hydroxylation is 2. The maximum absolute atomic E-state index is 4.39. The van der Waals surface area contributed by atoms with Gasteiger partial charge in [-0.3, -0.25) is 0 Å². The SMILES string of the molecule is CCCc1ccc(C#Cc2ccc(CCC)cn2)cc1. The van der Waals surface area contributed by atoms with Crippen LogP contribution in [0.2, 0.25) is 0 Å². The summed E-state index contributed by atoms with van der Waals surface area (Å²) in [5.74, 6) is 6.29. The van der Waals surface area contributed by atoms with Gasteiger partial charge in [0.2, 0.25) is 0 Å². The minimum absolute atomic E-state index is 0.836. The van der Waals surface area contributed by atoms with Crippen LogP contribution in [0.5, 0.6) is 0 Å². The molecule has 0 aliphatic heterocycles. The van der Waals surface area contributed by atoms with Crippen molar-refractivity contribution >= 4 is 0 Å². The van der Waals surface area contributed by atoms with Crippen LogP contribution in [0.3, 0.4) is 0 Å². The van der Waals surface area contributed by atoms with E-state index in [4.69, 9.17) is 0 Å². The predicted octanol–water partition coefficient (Wildman–Crippen LogP) is 4.39. The summed E-state index contributed by atoms with van der Waals surface area (Å²) in [6.07, 6.45) is 6.47. The highest BCUT2D eigenvalue weighted by Crippen LogP contribution is 2.06. The van der Waals surface area contributed by atoms with Crippen LogP contribution in [-0.4, -0.2) is 4.98 Å². The number of rotatable bonds is 4. The molecule has 1 aromatic carbocycles. The first kappa shape index (κ1) is 14.3. The molecule has 20 heavy (non-hydrogen) atoms. The molecule has 1 heteroatoms. The number of pyridine rings is 1. The number of nitrogens with zero attached hydrogens (tertiary/aromatic N) is 1. The van der Waals surface area contributed by atoms with E-state index in [-0.39, 0.29) is 0 Å². The van der Waals surface area contributed by atoms with Gasteiger partial charge in [-0.15, -0.1) is 0 Å². The molecule has 0 N–H and O–H groups in total. The number of aromatic nitrogens is 1.